The molecule has 0 amide bonds. The average Bonchev–Trinajstić information content (AvgIpc) is 2.39. The Labute approximate surface area is 99.2 Å². The van der Waals surface area contributed by atoms with E-state index >= 15 is 0 Å². The number of azide groups is 1. The molecule has 0 bridgehead atoms. The van der Waals surface area contributed by atoms with Crippen LogP contribution >= 0.6 is 0 Å². The van der Waals surface area contributed by atoms with Gasteiger partial charge in [-0.1, -0.05) is 41.5 Å². The van der Waals surface area contributed by atoms with Gasteiger partial charge >= 0.3 is 0 Å². The van der Waals surface area contributed by atoms with Gasteiger partial charge in [0.2, 0.25) is 0 Å². The minimum absolute atomic E-state index is 0.491. The predicted molar refractivity (Wildman–Crippen MR) is 69.4 cm³/mol. The lowest BCUT2D eigenvalue weighted by Gasteiger charge is -2.00. The SMILES string of the molecule is [N-]=[N+]=NCCC=Cc1cccc2cccnc12. The summed E-state index contributed by atoms with van der Waals surface area (Å²) in [5, 5.41) is 4.61. The van der Waals surface area contributed by atoms with Crippen LogP contribution < -0.4 is 0 Å². The maximum absolute atomic E-state index is 8.15. The quantitative estimate of drug-likeness (QED) is 0.335. The number of para-hydroxylation sites is 1. The fourth-order valence-corrected chi connectivity index (χ4v) is 1.65. The first-order valence-electron chi connectivity index (χ1n) is 5.43. The molecule has 0 saturated carbocycles. The Hall–Kier alpha value is -2.32. The number of nitrogens with zero attached hydrogens (tertiary/aromatic N) is 4. The Morgan fingerprint density at radius 2 is 2.18 bits per heavy atom. The Balaban J connectivity index is 2.21. The summed E-state index contributed by atoms with van der Waals surface area (Å²) in [5.41, 5.74) is 10.2. The zero-order valence-electron chi connectivity index (χ0n) is 9.32. The predicted octanol–water partition coefficient (Wildman–Crippen LogP) is 3.95. The lowest BCUT2D eigenvalue weighted by molar-refractivity contribution is 0.996. The highest BCUT2D eigenvalue weighted by atomic mass is 15.1. The summed E-state index contributed by atoms with van der Waals surface area (Å²) in [5.74, 6) is 0. The Morgan fingerprint density at radius 1 is 1.29 bits per heavy atom. The van der Waals surface area contributed by atoms with Crippen molar-refractivity contribution in [3.8, 4) is 0 Å². The summed E-state index contributed by atoms with van der Waals surface area (Å²) in [4.78, 5) is 7.07. The number of hydrogen-bond acceptors (Lipinski definition) is 2. The van der Waals surface area contributed by atoms with E-state index in [9.17, 15) is 0 Å². The summed E-state index contributed by atoms with van der Waals surface area (Å²) in [6.45, 7) is 0.491. The number of rotatable bonds is 4. The molecule has 0 aliphatic rings. The molecule has 0 aliphatic heterocycles. The molecule has 17 heavy (non-hydrogen) atoms. The van der Waals surface area contributed by atoms with E-state index in [0.717, 1.165) is 22.9 Å². The van der Waals surface area contributed by atoms with Gasteiger partial charge in [0, 0.05) is 28.6 Å². The van der Waals surface area contributed by atoms with E-state index < -0.39 is 0 Å². The van der Waals surface area contributed by atoms with E-state index in [1.165, 1.54) is 0 Å². The molecule has 0 radical (unpaired) electrons. The standard InChI is InChI=1S/C13H12N4/c14-17-16-10-2-1-5-11-6-3-7-12-8-4-9-15-13(11)12/h1,3-9H,2,10H2. The van der Waals surface area contributed by atoms with Gasteiger partial charge in [0.1, 0.15) is 0 Å². The fraction of sp³-hybridized carbons (Fsp3) is 0.154. The molecule has 2 rings (SSSR count). The van der Waals surface area contributed by atoms with Crippen molar-refractivity contribution in [1.82, 2.24) is 4.98 Å². The molecule has 0 aliphatic carbocycles. The third kappa shape index (κ3) is 2.83. The molecule has 4 heteroatoms. The van der Waals surface area contributed by atoms with E-state index in [2.05, 4.69) is 15.0 Å². The summed E-state index contributed by atoms with van der Waals surface area (Å²) >= 11 is 0. The van der Waals surface area contributed by atoms with Crippen molar-refractivity contribution < 1.29 is 0 Å². The molecule has 0 unspecified atom stereocenters. The van der Waals surface area contributed by atoms with Crippen LogP contribution in [0, 0.1) is 0 Å². The van der Waals surface area contributed by atoms with Crippen LogP contribution in [0.15, 0.2) is 47.7 Å². The first-order valence-corrected chi connectivity index (χ1v) is 5.43. The van der Waals surface area contributed by atoms with Crippen LogP contribution in [-0.2, 0) is 0 Å². The van der Waals surface area contributed by atoms with Gasteiger partial charge in [-0.05, 0) is 18.0 Å². The summed E-state index contributed by atoms with van der Waals surface area (Å²) < 4.78 is 0. The monoisotopic (exact) mass is 224 g/mol. The van der Waals surface area contributed by atoms with Crippen LogP contribution in [-0.4, -0.2) is 11.5 Å². The number of benzene rings is 1. The van der Waals surface area contributed by atoms with Crippen LogP contribution in [0.1, 0.15) is 12.0 Å². The molecule has 0 spiro atoms. The molecule has 84 valence electrons. The van der Waals surface area contributed by atoms with Crippen LogP contribution in [0.25, 0.3) is 27.4 Å². The van der Waals surface area contributed by atoms with Crippen molar-refractivity contribution in [2.24, 2.45) is 5.11 Å². The second kappa shape index (κ2) is 5.68. The molecule has 1 aromatic heterocycles. The van der Waals surface area contributed by atoms with E-state index in [1.54, 1.807) is 6.20 Å². The zero-order valence-corrected chi connectivity index (χ0v) is 9.32. The summed E-state index contributed by atoms with van der Waals surface area (Å²) in [6, 6.07) is 10.0. The molecule has 2 aromatic rings. The average molecular weight is 224 g/mol. The number of fused-ring (bicyclic) bond motifs is 1. The molecular weight excluding hydrogens is 212 g/mol. The maximum atomic E-state index is 8.15. The highest BCUT2D eigenvalue weighted by Crippen LogP contribution is 2.17. The summed E-state index contributed by atoms with van der Waals surface area (Å²) in [7, 11) is 0. The first kappa shape index (κ1) is 11.2. The Kier molecular flexibility index (Phi) is 3.73. The first-order chi connectivity index (χ1) is 8.42. The van der Waals surface area contributed by atoms with E-state index in [-0.39, 0.29) is 0 Å². The van der Waals surface area contributed by atoms with Crippen LogP contribution in [0.2, 0.25) is 0 Å². The fourth-order valence-electron chi connectivity index (χ4n) is 1.65. The minimum Gasteiger partial charge on any atom is -0.256 e. The highest BCUT2D eigenvalue weighted by molar-refractivity contribution is 5.86. The van der Waals surface area contributed by atoms with Crippen molar-refractivity contribution in [3.63, 3.8) is 0 Å². The number of pyridine rings is 1. The van der Waals surface area contributed by atoms with Crippen molar-refractivity contribution in [1.29, 1.82) is 0 Å². The van der Waals surface area contributed by atoms with E-state index in [4.69, 9.17) is 5.53 Å². The van der Waals surface area contributed by atoms with Gasteiger partial charge in [-0.3, -0.25) is 4.98 Å². The summed E-state index contributed by atoms with van der Waals surface area (Å²) in [6.07, 6.45) is 6.55. The maximum Gasteiger partial charge on any atom is 0.0774 e. The number of hydrogen-bond donors (Lipinski definition) is 0. The molecular formula is C13H12N4. The molecule has 0 atom stereocenters. The third-order valence-electron chi connectivity index (χ3n) is 2.42. The van der Waals surface area contributed by atoms with Gasteiger partial charge in [-0.2, -0.15) is 0 Å². The molecule has 4 nitrogen and oxygen atoms in total. The van der Waals surface area contributed by atoms with Gasteiger partial charge < -0.3 is 0 Å². The smallest absolute Gasteiger partial charge is 0.0774 e. The number of aromatic nitrogens is 1. The molecule has 0 fully saturated rings. The van der Waals surface area contributed by atoms with Crippen LogP contribution in [0.5, 0.6) is 0 Å². The van der Waals surface area contributed by atoms with E-state index in [1.807, 2.05) is 42.5 Å². The molecule has 1 aromatic carbocycles. The lowest BCUT2D eigenvalue weighted by atomic mass is 10.1. The van der Waals surface area contributed by atoms with Gasteiger partial charge in [-0.15, -0.1) is 0 Å². The van der Waals surface area contributed by atoms with Gasteiger partial charge in [-0.25, -0.2) is 0 Å². The van der Waals surface area contributed by atoms with Gasteiger partial charge in [0.05, 0.1) is 5.52 Å². The topological polar surface area (TPSA) is 61.7 Å². The Bertz CT molecular complexity index is 577. The molecule has 0 saturated heterocycles. The highest BCUT2D eigenvalue weighted by Gasteiger charge is 1.96. The normalized spacial score (nSPS) is 10.6. The molecule has 0 N–H and O–H groups in total. The van der Waals surface area contributed by atoms with Crippen LogP contribution in [0.4, 0.5) is 0 Å². The van der Waals surface area contributed by atoms with Gasteiger partial charge in [0.15, 0.2) is 0 Å². The Morgan fingerprint density at radius 3 is 3.06 bits per heavy atom. The molecule has 1 heterocycles. The minimum atomic E-state index is 0.491. The lowest BCUT2D eigenvalue weighted by Crippen LogP contribution is -1.82. The van der Waals surface area contributed by atoms with Crippen molar-refractivity contribution >= 4 is 17.0 Å². The zero-order chi connectivity index (χ0) is 11.9. The van der Waals surface area contributed by atoms with E-state index in [0.29, 0.717) is 6.54 Å². The largest absolute Gasteiger partial charge is 0.256 e. The second-order valence-electron chi connectivity index (χ2n) is 3.57. The van der Waals surface area contributed by atoms with Gasteiger partial charge in [0.25, 0.3) is 0 Å². The second-order valence-corrected chi connectivity index (χ2v) is 3.57. The van der Waals surface area contributed by atoms with Crippen LogP contribution in [0.3, 0.4) is 0 Å². The van der Waals surface area contributed by atoms with Crippen molar-refractivity contribution in [2.75, 3.05) is 6.54 Å². The van der Waals surface area contributed by atoms with Crippen molar-refractivity contribution in [3.05, 3.63) is 58.6 Å². The van der Waals surface area contributed by atoms with Crippen molar-refractivity contribution in [2.45, 2.75) is 6.42 Å². The third-order valence-corrected chi connectivity index (χ3v) is 2.42.